The van der Waals surface area contributed by atoms with Gasteiger partial charge >= 0.3 is 0 Å². The summed E-state index contributed by atoms with van der Waals surface area (Å²) in [6, 6.07) is 4.25. The number of nitrogens with one attached hydrogen (secondary N) is 1. The highest BCUT2D eigenvalue weighted by Gasteiger charge is 2.07. The lowest BCUT2D eigenvalue weighted by Crippen LogP contribution is -2.18. The number of thiophene rings is 1. The van der Waals surface area contributed by atoms with Crippen LogP contribution in [-0.4, -0.2) is 11.5 Å². The van der Waals surface area contributed by atoms with Crippen molar-refractivity contribution < 1.29 is 0 Å². The van der Waals surface area contributed by atoms with Crippen molar-refractivity contribution in [3.8, 4) is 0 Å². The Balaban J connectivity index is 1.74. The summed E-state index contributed by atoms with van der Waals surface area (Å²) >= 11 is 3.53. The van der Waals surface area contributed by atoms with E-state index in [0.717, 1.165) is 13.1 Å². The van der Waals surface area contributed by atoms with Crippen LogP contribution in [0.5, 0.6) is 0 Å². The maximum absolute atomic E-state index is 4.31. The van der Waals surface area contributed by atoms with Crippen LogP contribution in [0.15, 0.2) is 29.1 Å². The SMILES string of the molecule is CC(CNCc1cccs1)c1nccs1. The molecule has 80 valence electrons. The van der Waals surface area contributed by atoms with Gasteiger partial charge < -0.3 is 5.32 Å². The van der Waals surface area contributed by atoms with Gasteiger partial charge in [-0.15, -0.1) is 22.7 Å². The highest BCUT2D eigenvalue weighted by Crippen LogP contribution is 2.16. The smallest absolute Gasteiger partial charge is 0.0965 e. The van der Waals surface area contributed by atoms with E-state index in [1.807, 2.05) is 11.6 Å². The standard InChI is InChI=1S/C11H14N2S2/c1-9(11-13-4-6-15-11)7-12-8-10-3-2-5-14-10/h2-6,9,12H,7-8H2,1H3. The summed E-state index contributed by atoms with van der Waals surface area (Å²) in [7, 11) is 0. The lowest BCUT2D eigenvalue weighted by molar-refractivity contribution is 0.616. The van der Waals surface area contributed by atoms with Crippen LogP contribution in [0, 0.1) is 0 Å². The average Bonchev–Trinajstić information content (AvgIpc) is 2.90. The summed E-state index contributed by atoms with van der Waals surface area (Å²) in [5.74, 6) is 0.505. The molecule has 15 heavy (non-hydrogen) atoms. The van der Waals surface area contributed by atoms with Crippen LogP contribution in [-0.2, 0) is 6.54 Å². The van der Waals surface area contributed by atoms with Crippen LogP contribution in [0.4, 0.5) is 0 Å². The second kappa shape index (κ2) is 5.39. The quantitative estimate of drug-likeness (QED) is 0.866. The van der Waals surface area contributed by atoms with Crippen molar-refractivity contribution in [3.05, 3.63) is 39.0 Å². The maximum Gasteiger partial charge on any atom is 0.0965 e. The zero-order valence-corrected chi connectivity index (χ0v) is 10.3. The third-order valence-corrected chi connectivity index (χ3v) is 4.09. The first-order chi connectivity index (χ1) is 7.36. The molecular weight excluding hydrogens is 224 g/mol. The first-order valence-electron chi connectivity index (χ1n) is 4.99. The van der Waals surface area contributed by atoms with Crippen molar-refractivity contribution in [2.24, 2.45) is 0 Å². The Morgan fingerprint density at radius 2 is 2.33 bits per heavy atom. The van der Waals surface area contributed by atoms with Crippen LogP contribution >= 0.6 is 22.7 Å². The Labute approximate surface area is 98.0 Å². The minimum atomic E-state index is 0.505. The molecule has 0 saturated heterocycles. The van der Waals surface area contributed by atoms with E-state index < -0.39 is 0 Å². The highest BCUT2D eigenvalue weighted by molar-refractivity contribution is 7.10. The van der Waals surface area contributed by atoms with Gasteiger partial charge in [0.1, 0.15) is 0 Å². The second-order valence-electron chi connectivity index (χ2n) is 3.48. The number of rotatable bonds is 5. The molecule has 0 saturated carbocycles. The molecule has 0 aliphatic carbocycles. The lowest BCUT2D eigenvalue weighted by atomic mass is 10.2. The van der Waals surface area contributed by atoms with Gasteiger partial charge in [0.2, 0.25) is 0 Å². The molecule has 1 N–H and O–H groups in total. The molecule has 0 aromatic carbocycles. The van der Waals surface area contributed by atoms with Crippen LogP contribution < -0.4 is 5.32 Å². The molecule has 2 rings (SSSR count). The number of nitrogens with zero attached hydrogens (tertiary/aromatic N) is 1. The van der Waals surface area contributed by atoms with Gasteiger partial charge in [0.15, 0.2) is 0 Å². The molecule has 0 radical (unpaired) electrons. The molecule has 0 fully saturated rings. The third kappa shape index (κ3) is 3.12. The second-order valence-corrected chi connectivity index (χ2v) is 5.44. The van der Waals surface area contributed by atoms with Crippen molar-refractivity contribution in [2.75, 3.05) is 6.54 Å². The van der Waals surface area contributed by atoms with E-state index in [4.69, 9.17) is 0 Å². The predicted molar refractivity (Wildman–Crippen MR) is 66.6 cm³/mol. The summed E-state index contributed by atoms with van der Waals surface area (Å²) in [5.41, 5.74) is 0. The summed E-state index contributed by atoms with van der Waals surface area (Å²) in [6.45, 7) is 4.17. The summed E-state index contributed by atoms with van der Waals surface area (Å²) in [4.78, 5) is 5.70. The van der Waals surface area contributed by atoms with Crippen molar-refractivity contribution >= 4 is 22.7 Å². The van der Waals surface area contributed by atoms with E-state index in [1.54, 1.807) is 22.7 Å². The van der Waals surface area contributed by atoms with Gasteiger partial charge in [0.05, 0.1) is 5.01 Å². The maximum atomic E-state index is 4.31. The first kappa shape index (κ1) is 10.8. The van der Waals surface area contributed by atoms with Gasteiger partial charge in [-0.3, -0.25) is 0 Å². The molecule has 1 unspecified atom stereocenters. The Hall–Kier alpha value is -0.710. The molecule has 0 bridgehead atoms. The van der Waals surface area contributed by atoms with E-state index in [-0.39, 0.29) is 0 Å². The number of hydrogen-bond donors (Lipinski definition) is 1. The normalized spacial score (nSPS) is 12.9. The minimum absolute atomic E-state index is 0.505. The van der Waals surface area contributed by atoms with E-state index in [2.05, 4.69) is 34.7 Å². The van der Waals surface area contributed by atoms with Crippen molar-refractivity contribution in [1.82, 2.24) is 10.3 Å². The van der Waals surface area contributed by atoms with Gasteiger partial charge in [-0.05, 0) is 11.4 Å². The molecule has 0 amide bonds. The zero-order chi connectivity index (χ0) is 10.5. The molecule has 1 atom stereocenters. The number of aromatic nitrogens is 1. The van der Waals surface area contributed by atoms with E-state index in [0.29, 0.717) is 5.92 Å². The monoisotopic (exact) mass is 238 g/mol. The largest absolute Gasteiger partial charge is 0.311 e. The Bertz CT molecular complexity index is 367. The fourth-order valence-electron chi connectivity index (χ4n) is 1.39. The molecule has 0 spiro atoms. The summed E-state index contributed by atoms with van der Waals surface area (Å²) < 4.78 is 0. The molecular formula is C11H14N2S2. The third-order valence-electron chi connectivity index (χ3n) is 2.20. The van der Waals surface area contributed by atoms with Crippen LogP contribution in [0.1, 0.15) is 22.7 Å². The van der Waals surface area contributed by atoms with E-state index in [9.17, 15) is 0 Å². The molecule has 2 nitrogen and oxygen atoms in total. The van der Waals surface area contributed by atoms with Crippen LogP contribution in [0.2, 0.25) is 0 Å². The average molecular weight is 238 g/mol. The zero-order valence-electron chi connectivity index (χ0n) is 8.64. The minimum Gasteiger partial charge on any atom is -0.311 e. The Morgan fingerprint density at radius 3 is 3.00 bits per heavy atom. The Kier molecular flexibility index (Phi) is 3.88. The van der Waals surface area contributed by atoms with Gasteiger partial charge in [0.25, 0.3) is 0 Å². The van der Waals surface area contributed by atoms with Gasteiger partial charge in [0, 0.05) is 35.5 Å². The molecule has 0 aliphatic heterocycles. The molecule has 4 heteroatoms. The topological polar surface area (TPSA) is 24.9 Å². The Morgan fingerprint density at radius 1 is 1.40 bits per heavy atom. The van der Waals surface area contributed by atoms with Gasteiger partial charge in [-0.1, -0.05) is 13.0 Å². The molecule has 2 aromatic rings. The predicted octanol–water partition coefficient (Wildman–Crippen LogP) is 3.10. The van der Waals surface area contributed by atoms with E-state index >= 15 is 0 Å². The van der Waals surface area contributed by atoms with Crippen molar-refractivity contribution in [3.63, 3.8) is 0 Å². The van der Waals surface area contributed by atoms with Crippen molar-refractivity contribution in [1.29, 1.82) is 0 Å². The fourth-order valence-corrected chi connectivity index (χ4v) is 2.76. The first-order valence-corrected chi connectivity index (χ1v) is 6.74. The molecule has 2 heterocycles. The number of thiazole rings is 1. The van der Waals surface area contributed by atoms with E-state index in [1.165, 1.54) is 9.88 Å². The summed E-state index contributed by atoms with van der Waals surface area (Å²) in [6.07, 6.45) is 1.87. The fraction of sp³-hybridized carbons (Fsp3) is 0.364. The highest BCUT2D eigenvalue weighted by atomic mass is 32.1. The summed E-state index contributed by atoms with van der Waals surface area (Å²) in [5, 5.41) is 8.81. The van der Waals surface area contributed by atoms with Crippen LogP contribution in [0.3, 0.4) is 0 Å². The van der Waals surface area contributed by atoms with Gasteiger partial charge in [-0.25, -0.2) is 4.98 Å². The number of hydrogen-bond acceptors (Lipinski definition) is 4. The van der Waals surface area contributed by atoms with Crippen LogP contribution in [0.25, 0.3) is 0 Å². The lowest BCUT2D eigenvalue weighted by Gasteiger charge is -2.08. The molecule has 0 aliphatic rings. The van der Waals surface area contributed by atoms with Crippen molar-refractivity contribution in [2.45, 2.75) is 19.4 Å². The van der Waals surface area contributed by atoms with Gasteiger partial charge in [-0.2, -0.15) is 0 Å². The molecule has 2 aromatic heterocycles.